The van der Waals surface area contributed by atoms with Crippen LogP contribution in [0.4, 0.5) is 0 Å². The van der Waals surface area contributed by atoms with Crippen molar-refractivity contribution in [3.8, 4) is 0 Å². The third kappa shape index (κ3) is 0.827. The van der Waals surface area contributed by atoms with Crippen LogP contribution in [0.25, 0.3) is 0 Å². The van der Waals surface area contributed by atoms with Gasteiger partial charge in [-0.15, -0.1) is 0 Å². The molecule has 1 atom stereocenters. The van der Waals surface area contributed by atoms with Crippen LogP contribution >= 0.6 is 0 Å². The van der Waals surface area contributed by atoms with Gasteiger partial charge in [0.05, 0.1) is 12.3 Å². The molecular weight excluding hydrogens is 130 g/mol. The number of hydrogen-bond acceptors (Lipinski definition) is 3. The van der Waals surface area contributed by atoms with Gasteiger partial charge in [0.2, 0.25) is 5.88 Å². The van der Waals surface area contributed by atoms with Crippen molar-refractivity contribution in [1.29, 1.82) is 0 Å². The van der Waals surface area contributed by atoms with Gasteiger partial charge in [-0.2, -0.15) is 0 Å². The number of aliphatic hydroxyl groups excluding tert-OH is 1. The maximum atomic E-state index is 8.98. The van der Waals surface area contributed by atoms with Crippen LogP contribution in [0.15, 0.2) is 17.0 Å². The molecule has 0 aliphatic carbocycles. The molecular formula is C7H9NO2. The molecule has 0 spiro atoms. The molecule has 3 heteroatoms. The lowest BCUT2D eigenvalue weighted by atomic mass is 10.0. The first-order valence-electron chi connectivity index (χ1n) is 3.42. The van der Waals surface area contributed by atoms with Gasteiger partial charge in [-0.25, -0.2) is 4.99 Å². The Balaban J connectivity index is 2.20. The summed E-state index contributed by atoms with van der Waals surface area (Å²) in [5.74, 6) is 0.513. The minimum absolute atomic E-state index is 0.158. The summed E-state index contributed by atoms with van der Waals surface area (Å²) in [6, 6.07) is 0. The van der Waals surface area contributed by atoms with Gasteiger partial charge in [0.15, 0.2) is 0 Å². The summed E-state index contributed by atoms with van der Waals surface area (Å²) in [6.45, 7) is 1.37. The zero-order chi connectivity index (χ0) is 6.97. The van der Waals surface area contributed by atoms with Crippen molar-refractivity contribution < 1.29 is 9.84 Å². The van der Waals surface area contributed by atoms with Crippen LogP contribution < -0.4 is 0 Å². The van der Waals surface area contributed by atoms with Crippen LogP contribution in [0.5, 0.6) is 0 Å². The fraction of sp³-hybridized carbons (Fsp3) is 0.571. The Kier molecular flexibility index (Phi) is 1.24. The van der Waals surface area contributed by atoms with Crippen molar-refractivity contribution in [2.24, 2.45) is 10.9 Å². The SMILES string of the molecule is OC1=CC2CCOCC2=N1. The van der Waals surface area contributed by atoms with Crippen molar-refractivity contribution in [3.63, 3.8) is 0 Å². The second kappa shape index (κ2) is 2.09. The average Bonchev–Trinajstić information content (AvgIpc) is 2.27. The minimum Gasteiger partial charge on any atom is -0.493 e. The Bertz CT molecular complexity index is 208. The van der Waals surface area contributed by atoms with E-state index >= 15 is 0 Å². The highest BCUT2D eigenvalue weighted by molar-refractivity contribution is 5.92. The quantitative estimate of drug-likeness (QED) is 0.541. The lowest BCUT2D eigenvalue weighted by Crippen LogP contribution is -2.23. The van der Waals surface area contributed by atoms with Crippen molar-refractivity contribution in [1.82, 2.24) is 0 Å². The maximum absolute atomic E-state index is 8.98. The van der Waals surface area contributed by atoms with Gasteiger partial charge in [-0.05, 0) is 12.5 Å². The number of aliphatic imine (C=N–C) groups is 1. The van der Waals surface area contributed by atoms with E-state index in [0.717, 1.165) is 18.7 Å². The molecule has 2 heterocycles. The number of nitrogens with zero attached hydrogens (tertiary/aromatic N) is 1. The standard InChI is InChI=1S/C7H9NO2/c9-7-3-5-1-2-10-4-6(5)8-7/h3,5,9H,1-2,4H2. The summed E-state index contributed by atoms with van der Waals surface area (Å²) in [4.78, 5) is 3.92. The number of hydrogen-bond donors (Lipinski definition) is 1. The fourth-order valence-corrected chi connectivity index (χ4v) is 1.32. The Labute approximate surface area is 59.0 Å². The van der Waals surface area contributed by atoms with Crippen molar-refractivity contribution in [2.75, 3.05) is 13.2 Å². The summed E-state index contributed by atoms with van der Waals surface area (Å²) in [6.07, 6.45) is 2.75. The van der Waals surface area contributed by atoms with E-state index in [9.17, 15) is 0 Å². The first-order chi connectivity index (χ1) is 4.86. The number of aliphatic hydroxyl groups is 1. The molecule has 0 amide bonds. The highest BCUT2D eigenvalue weighted by Crippen LogP contribution is 2.21. The molecule has 10 heavy (non-hydrogen) atoms. The Morgan fingerprint density at radius 1 is 1.70 bits per heavy atom. The lowest BCUT2D eigenvalue weighted by molar-refractivity contribution is 0.145. The van der Waals surface area contributed by atoms with Crippen molar-refractivity contribution in [2.45, 2.75) is 6.42 Å². The molecule has 3 nitrogen and oxygen atoms in total. The lowest BCUT2D eigenvalue weighted by Gasteiger charge is -2.17. The predicted molar refractivity (Wildman–Crippen MR) is 37.1 cm³/mol. The molecule has 2 aliphatic heterocycles. The second-order valence-corrected chi connectivity index (χ2v) is 2.58. The summed E-state index contributed by atoms with van der Waals surface area (Å²) < 4.78 is 5.16. The normalized spacial score (nSPS) is 31.0. The highest BCUT2D eigenvalue weighted by Gasteiger charge is 2.23. The number of ether oxygens (including phenoxy) is 1. The molecule has 2 rings (SSSR count). The number of fused-ring (bicyclic) bond motifs is 1. The maximum Gasteiger partial charge on any atom is 0.207 e. The Morgan fingerprint density at radius 3 is 3.40 bits per heavy atom. The molecule has 0 aromatic rings. The van der Waals surface area contributed by atoms with Gasteiger partial charge in [0, 0.05) is 12.5 Å². The fourth-order valence-electron chi connectivity index (χ4n) is 1.32. The van der Waals surface area contributed by atoms with Crippen molar-refractivity contribution in [3.05, 3.63) is 12.0 Å². The van der Waals surface area contributed by atoms with Gasteiger partial charge >= 0.3 is 0 Å². The molecule has 1 saturated heterocycles. The smallest absolute Gasteiger partial charge is 0.207 e. The van der Waals surface area contributed by atoms with E-state index < -0.39 is 0 Å². The Morgan fingerprint density at radius 2 is 2.60 bits per heavy atom. The molecule has 0 saturated carbocycles. The van der Waals surface area contributed by atoms with Crippen LogP contribution in [0.3, 0.4) is 0 Å². The van der Waals surface area contributed by atoms with Crippen LogP contribution in [-0.2, 0) is 4.74 Å². The van der Waals surface area contributed by atoms with E-state index in [0.29, 0.717) is 12.5 Å². The van der Waals surface area contributed by atoms with Crippen LogP contribution in [-0.4, -0.2) is 24.0 Å². The molecule has 1 N–H and O–H groups in total. The van der Waals surface area contributed by atoms with Crippen LogP contribution in [0.1, 0.15) is 6.42 Å². The molecule has 2 aliphatic rings. The average molecular weight is 139 g/mol. The Hall–Kier alpha value is -0.830. The molecule has 54 valence electrons. The van der Waals surface area contributed by atoms with E-state index in [1.54, 1.807) is 6.08 Å². The summed E-state index contributed by atoms with van der Waals surface area (Å²) in [5, 5.41) is 8.98. The van der Waals surface area contributed by atoms with E-state index in [1.807, 2.05) is 0 Å². The van der Waals surface area contributed by atoms with Gasteiger partial charge in [0.1, 0.15) is 0 Å². The molecule has 0 aromatic carbocycles. The molecule has 0 aromatic heterocycles. The largest absolute Gasteiger partial charge is 0.493 e. The van der Waals surface area contributed by atoms with Crippen LogP contribution in [0, 0.1) is 5.92 Å². The van der Waals surface area contributed by atoms with Crippen molar-refractivity contribution >= 4 is 5.71 Å². The predicted octanol–water partition coefficient (Wildman–Crippen LogP) is 0.877. The molecule has 0 bridgehead atoms. The monoisotopic (exact) mass is 139 g/mol. The second-order valence-electron chi connectivity index (χ2n) is 2.58. The first kappa shape index (κ1) is 5.92. The zero-order valence-electron chi connectivity index (χ0n) is 5.58. The van der Waals surface area contributed by atoms with Gasteiger partial charge in [0.25, 0.3) is 0 Å². The van der Waals surface area contributed by atoms with E-state index in [1.165, 1.54) is 0 Å². The zero-order valence-corrected chi connectivity index (χ0v) is 5.58. The number of allylic oxidation sites excluding steroid dienone is 1. The summed E-state index contributed by atoms with van der Waals surface area (Å²) >= 11 is 0. The summed E-state index contributed by atoms with van der Waals surface area (Å²) in [5.41, 5.74) is 0.976. The highest BCUT2D eigenvalue weighted by atomic mass is 16.5. The third-order valence-electron chi connectivity index (χ3n) is 1.86. The van der Waals surface area contributed by atoms with Gasteiger partial charge < -0.3 is 9.84 Å². The van der Waals surface area contributed by atoms with Gasteiger partial charge in [-0.1, -0.05) is 0 Å². The first-order valence-corrected chi connectivity index (χ1v) is 3.42. The topological polar surface area (TPSA) is 41.8 Å². The van der Waals surface area contributed by atoms with Gasteiger partial charge in [-0.3, -0.25) is 0 Å². The summed E-state index contributed by atoms with van der Waals surface area (Å²) in [7, 11) is 0. The van der Waals surface area contributed by atoms with E-state index in [4.69, 9.17) is 9.84 Å². The van der Waals surface area contributed by atoms with E-state index in [-0.39, 0.29) is 5.88 Å². The van der Waals surface area contributed by atoms with E-state index in [2.05, 4.69) is 4.99 Å². The molecule has 1 fully saturated rings. The molecule has 0 radical (unpaired) electrons. The number of rotatable bonds is 0. The molecule has 1 unspecified atom stereocenters. The minimum atomic E-state index is 0.158. The third-order valence-corrected chi connectivity index (χ3v) is 1.86. The van der Waals surface area contributed by atoms with Crippen LogP contribution in [0.2, 0.25) is 0 Å².